The summed E-state index contributed by atoms with van der Waals surface area (Å²) in [6, 6.07) is 9.18. The van der Waals surface area contributed by atoms with Crippen molar-refractivity contribution >= 4 is 0 Å². The zero-order chi connectivity index (χ0) is 13.3. The Morgan fingerprint density at radius 1 is 1.32 bits per heavy atom. The first kappa shape index (κ1) is 13.1. The minimum Gasteiger partial charge on any atom is -0.388 e. The lowest BCUT2D eigenvalue weighted by Gasteiger charge is -2.40. The number of hydrogen-bond donors (Lipinski definition) is 3. The van der Waals surface area contributed by atoms with E-state index in [1.165, 1.54) is 11.1 Å². The summed E-state index contributed by atoms with van der Waals surface area (Å²) in [6.07, 6.45) is 3.92. The highest BCUT2D eigenvalue weighted by atomic mass is 16.3. The molecule has 1 aromatic rings. The summed E-state index contributed by atoms with van der Waals surface area (Å²) in [4.78, 5) is 0. The maximum Gasteiger partial charge on any atom is 0.0842 e. The van der Waals surface area contributed by atoms with Gasteiger partial charge >= 0.3 is 0 Å². The smallest absolute Gasteiger partial charge is 0.0842 e. The van der Waals surface area contributed by atoms with Gasteiger partial charge in [-0.15, -0.1) is 0 Å². The molecule has 0 saturated heterocycles. The lowest BCUT2D eigenvalue weighted by Crippen LogP contribution is -2.47. The molecule has 104 valence electrons. The summed E-state index contributed by atoms with van der Waals surface area (Å²) in [7, 11) is 0. The summed E-state index contributed by atoms with van der Waals surface area (Å²) in [5.41, 5.74) is 2.07. The normalized spacial score (nSPS) is 34.2. The van der Waals surface area contributed by atoms with E-state index >= 15 is 0 Å². The van der Waals surface area contributed by atoms with Gasteiger partial charge in [0, 0.05) is 12.6 Å². The van der Waals surface area contributed by atoms with Gasteiger partial charge in [-0.3, -0.25) is 0 Å². The predicted molar refractivity (Wildman–Crippen MR) is 76.9 cm³/mol. The van der Waals surface area contributed by atoms with E-state index < -0.39 is 5.60 Å². The Hall–Kier alpha value is -0.900. The summed E-state index contributed by atoms with van der Waals surface area (Å²) in [5, 5.41) is 18.0. The monoisotopic (exact) mass is 260 g/mol. The van der Waals surface area contributed by atoms with Gasteiger partial charge in [-0.05, 0) is 43.4 Å². The first-order valence-corrected chi connectivity index (χ1v) is 7.50. The van der Waals surface area contributed by atoms with Crippen LogP contribution in [0.1, 0.15) is 49.8 Å². The Bertz CT molecular complexity index is 438. The molecule has 1 aromatic carbocycles. The fourth-order valence-corrected chi connectivity index (χ4v) is 3.68. The Labute approximate surface area is 115 Å². The van der Waals surface area contributed by atoms with Gasteiger partial charge in [-0.25, -0.2) is 0 Å². The number of rotatable bonds is 3. The molecule has 1 fully saturated rings. The zero-order valence-corrected chi connectivity index (χ0v) is 11.7. The van der Waals surface area contributed by atoms with Crippen molar-refractivity contribution in [3.63, 3.8) is 0 Å². The maximum absolute atomic E-state index is 11.0. The molecular formula is C16H24N2O. The molecule has 1 aliphatic heterocycles. The molecular weight excluding hydrogens is 236 g/mol. The highest BCUT2D eigenvalue weighted by Gasteiger charge is 2.43. The Balaban J connectivity index is 1.73. The highest BCUT2D eigenvalue weighted by molar-refractivity contribution is 5.36. The van der Waals surface area contributed by atoms with Crippen LogP contribution in [-0.4, -0.2) is 23.3 Å². The first-order chi connectivity index (χ1) is 9.23. The van der Waals surface area contributed by atoms with E-state index in [9.17, 15) is 5.11 Å². The molecule has 0 radical (unpaired) electrons. The first-order valence-electron chi connectivity index (χ1n) is 7.50. The fraction of sp³-hybridized carbons (Fsp3) is 0.625. The third-order valence-electron chi connectivity index (χ3n) is 4.74. The van der Waals surface area contributed by atoms with Crippen LogP contribution in [0.25, 0.3) is 0 Å². The lowest BCUT2D eigenvalue weighted by atomic mass is 9.75. The van der Waals surface area contributed by atoms with Gasteiger partial charge in [0.15, 0.2) is 0 Å². The van der Waals surface area contributed by atoms with Crippen LogP contribution in [0.2, 0.25) is 0 Å². The van der Waals surface area contributed by atoms with Gasteiger partial charge in [0.25, 0.3) is 0 Å². The molecule has 1 unspecified atom stereocenters. The average Bonchev–Trinajstić information content (AvgIpc) is 2.86. The van der Waals surface area contributed by atoms with E-state index in [0.717, 1.165) is 38.8 Å². The van der Waals surface area contributed by atoms with Crippen molar-refractivity contribution in [2.24, 2.45) is 0 Å². The highest BCUT2D eigenvalue weighted by Crippen LogP contribution is 2.42. The van der Waals surface area contributed by atoms with Gasteiger partial charge in [0.1, 0.15) is 0 Å². The average molecular weight is 260 g/mol. The van der Waals surface area contributed by atoms with Crippen molar-refractivity contribution < 1.29 is 5.11 Å². The molecule has 0 spiro atoms. The quantitative estimate of drug-likeness (QED) is 0.780. The van der Waals surface area contributed by atoms with Crippen molar-refractivity contribution in [2.45, 2.75) is 56.8 Å². The minimum atomic E-state index is -0.571. The summed E-state index contributed by atoms with van der Waals surface area (Å²) in [6.45, 7) is 4.06. The van der Waals surface area contributed by atoms with E-state index in [0.29, 0.717) is 6.04 Å². The summed E-state index contributed by atoms with van der Waals surface area (Å²) in [5.74, 6) is 0. The van der Waals surface area contributed by atoms with Crippen molar-refractivity contribution in [1.29, 1.82) is 0 Å². The van der Waals surface area contributed by atoms with Crippen LogP contribution < -0.4 is 10.6 Å². The second kappa shape index (κ2) is 5.23. The molecule has 0 amide bonds. The van der Waals surface area contributed by atoms with Crippen LogP contribution in [0.5, 0.6) is 0 Å². The van der Waals surface area contributed by atoms with Crippen LogP contribution >= 0.6 is 0 Å². The largest absolute Gasteiger partial charge is 0.388 e. The van der Waals surface area contributed by atoms with E-state index in [-0.39, 0.29) is 6.04 Å². The third kappa shape index (κ3) is 2.42. The number of fused-ring (bicyclic) bond motifs is 1. The molecule has 1 heterocycles. The Morgan fingerprint density at radius 3 is 2.79 bits per heavy atom. The van der Waals surface area contributed by atoms with Crippen LogP contribution in [-0.2, 0) is 6.54 Å². The molecule has 0 bridgehead atoms. The number of aliphatic hydroxyl groups is 1. The van der Waals surface area contributed by atoms with Crippen LogP contribution in [0.15, 0.2) is 24.3 Å². The predicted octanol–water partition coefficient (Wildman–Crippen LogP) is 2.11. The second-order valence-electron chi connectivity index (χ2n) is 5.95. The molecule has 3 N–H and O–H groups in total. The Kier molecular flexibility index (Phi) is 3.61. The Morgan fingerprint density at radius 2 is 2.05 bits per heavy atom. The molecule has 1 aliphatic carbocycles. The van der Waals surface area contributed by atoms with Crippen LogP contribution in [0.3, 0.4) is 0 Å². The summed E-state index contributed by atoms with van der Waals surface area (Å²) >= 11 is 0. The van der Waals surface area contributed by atoms with Gasteiger partial charge in [-0.1, -0.05) is 31.2 Å². The van der Waals surface area contributed by atoms with Gasteiger partial charge in [0.05, 0.1) is 11.6 Å². The SMILES string of the molecule is CCNC1CCC(O)(C2NCc3ccccc32)CC1. The standard InChI is InChI=1S/C16H24N2O/c1-2-17-13-7-9-16(19,10-8-13)15-14-6-4-3-5-12(14)11-18-15/h3-6,13,15,17-19H,2,7-11H2,1H3. The number of nitrogens with one attached hydrogen (secondary N) is 2. The van der Waals surface area contributed by atoms with Crippen molar-refractivity contribution in [3.8, 4) is 0 Å². The van der Waals surface area contributed by atoms with Crippen molar-refractivity contribution in [2.75, 3.05) is 6.54 Å². The van der Waals surface area contributed by atoms with Gasteiger partial charge in [0.2, 0.25) is 0 Å². The molecule has 19 heavy (non-hydrogen) atoms. The molecule has 3 rings (SSSR count). The molecule has 3 heteroatoms. The molecule has 1 saturated carbocycles. The van der Waals surface area contributed by atoms with E-state index in [2.05, 4.69) is 41.8 Å². The summed E-state index contributed by atoms with van der Waals surface area (Å²) < 4.78 is 0. The lowest BCUT2D eigenvalue weighted by molar-refractivity contribution is -0.0348. The van der Waals surface area contributed by atoms with Crippen molar-refractivity contribution in [3.05, 3.63) is 35.4 Å². The molecule has 1 atom stereocenters. The third-order valence-corrected chi connectivity index (χ3v) is 4.74. The number of hydrogen-bond acceptors (Lipinski definition) is 3. The molecule has 3 nitrogen and oxygen atoms in total. The fourth-order valence-electron chi connectivity index (χ4n) is 3.68. The van der Waals surface area contributed by atoms with Gasteiger partial charge in [-0.2, -0.15) is 0 Å². The zero-order valence-electron chi connectivity index (χ0n) is 11.7. The molecule has 0 aromatic heterocycles. The maximum atomic E-state index is 11.0. The second-order valence-corrected chi connectivity index (χ2v) is 5.95. The van der Waals surface area contributed by atoms with Crippen LogP contribution in [0.4, 0.5) is 0 Å². The number of benzene rings is 1. The van der Waals surface area contributed by atoms with E-state index in [1.807, 2.05) is 0 Å². The van der Waals surface area contributed by atoms with Crippen molar-refractivity contribution in [1.82, 2.24) is 10.6 Å². The van der Waals surface area contributed by atoms with Crippen LogP contribution in [0, 0.1) is 0 Å². The minimum absolute atomic E-state index is 0.117. The molecule has 2 aliphatic rings. The van der Waals surface area contributed by atoms with Gasteiger partial charge < -0.3 is 15.7 Å². The van der Waals surface area contributed by atoms with E-state index in [1.54, 1.807) is 0 Å². The topological polar surface area (TPSA) is 44.3 Å². The van der Waals surface area contributed by atoms with E-state index in [4.69, 9.17) is 0 Å².